The zero-order valence-electron chi connectivity index (χ0n) is 27.9. The molecule has 1 unspecified atom stereocenters. The Morgan fingerprint density at radius 3 is 1.93 bits per heavy atom. The lowest BCUT2D eigenvalue weighted by molar-refractivity contribution is 0.157. The van der Waals surface area contributed by atoms with E-state index in [9.17, 15) is 0 Å². The summed E-state index contributed by atoms with van der Waals surface area (Å²) in [6, 6.07) is 7.62. The third kappa shape index (κ3) is 8.22. The van der Waals surface area contributed by atoms with Crippen molar-refractivity contribution in [1.29, 1.82) is 0 Å². The third-order valence-electron chi connectivity index (χ3n) is 10.9. The van der Waals surface area contributed by atoms with Crippen LogP contribution in [0, 0.1) is 10.8 Å². The van der Waals surface area contributed by atoms with Gasteiger partial charge in [0.25, 0.3) is 0 Å². The minimum absolute atomic E-state index is 0.224. The number of benzene rings is 1. The summed E-state index contributed by atoms with van der Waals surface area (Å²) < 4.78 is 0. The zero-order chi connectivity index (χ0) is 29.2. The summed E-state index contributed by atoms with van der Waals surface area (Å²) in [6.45, 7) is 18.9. The topological polar surface area (TPSA) is 0 Å². The van der Waals surface area contributed by atoms with Crippen molar-refractivity contribution >= 4 is 20.0 Å². The molecule has 40 heavy (non-hydrogen) atoms. The van der Waals surface area contributed by atoms with Gasteiger partial charge in [-0.15, -0.1) is 0 Å². The molecular weight excluding hydrogens is 478 g/mol. The highest BCUT2D eigenvalue weighted by Crippen LogP contribution is 2.58. The maximum Gasteiger partial charge on any atom is 0.152 e. The molecule has 2 aliphatic rings. The van der Waals surface area contributed by atoms with E-state index in [1.807, 2.05) is 0 Å². The molecule has 0 N–H and O–H groups in total. The van der Waals surface area contributed by atoms with E-state index in [0.717, 1.165) is 6.32 Å². The van der Waals surface area contributed by atoms with Gasteiger partial charge < -0.3 is 0 Å². The van der Waals surface area contributed by atoms with E-state index in [0.29, 0.717) is 5.92 Å². The molecule has 3 rings (SSSR count). The van der Waals surface area contributed by atoms with Crippen LogP contribution < -0.4 is 5.46 Å². The fraction of sp³-hybridized carbons (Fsp3) is 0.737. The largest absolute Gasteiger partial charge is 0.152 e. The first kappa shape index (κ1) is 33.3. The van der Waals surface area contributed by atoms with Gasteiger partial charge in [-0.1, -0.05) is 186 Å². The van der Waals surface area contributed by atoms with Crippen molar-refractivity contribution in [3.05, 3.63) is 52.5 Å². The molecule has 0 fully saturated rings. The monoisotopic (exact) mass is 541 g/mol. The van der Waals surface area contributed by atoms with Gasteiger partial charge in [0.15, 0.2) is 7.28 Å². The van der Waals surface area contributed by atoms with E-state index >= 15 is 0 Å². The number of rotatable bonds is 18. The average molecular weight is 541 g/mol. The highest BCUT2D eigenvalue weighted by atomic mass is 14.5. The molecule has 0 aliphatic heterocycles. The molecule has 1 aromatic carbocycles. The average Bonchev–Trinajstić information content (AvgIpc) is 3.19. The predicted molar refractivity (Wildman–Crippen MR) is 183 cm³/mol. The maximum atomic E-state index is 2.65. The van der Waals surface area contributed by atoms with Crippen LogP contribution in [0.5, 0.6) is 0 Å². The molecule has 0 heterocycles. The number of fused-ring (bicyclic) bond motifs is 3. The standard InChI is InChI=1S/C38H62B2/c1-9-11-13-15-17-19-25-38(26-20-18-16-14-12-10-2)34-27-30(39-8)21-23-32(34)33-24-22-31(28-35(33)38)40-29-37(6,7)36(3,4)5/h21-22,24,27-28,32H,9-20,23,25-26,29H2,1-8H3. The molecule has 0 saturated heterocycles. The zero-order valence-corrected chi connectivity index (χ0v) is 27.9. The minimum atomic E-state index is 0.224. The Morgan fingerprint density at radius 2 is 1.38 bits per heavy atom. The van der Waals surface area contributed by atoms with Gasteiger partial charge in [-0.2, -0.15) is 0 Å². The van der Waals surface area contributed by atoms with E-state index in [1.165, 1.54) is 107 Å². The molecule has 0 saturated carbocycles. The van der Waals surface area contributed by atoms with Crippen molar-refractivity contribution in [2.45, 2.75) is 169 Å². The van der Waals surface area contributed by atoms with Crippen LogP contribution >= 0.6 is 0 Å². The first-order valence-corrected chi connectivity index (χ1v) is 17.3. The van der Waals surface area contributed by atoms with Gasteiger partial charge in [-0.25, -0.2) is 0 Å². The number of allylic oxidation sites excluding steroid dienone is 4. The molecule has 2 aliphatic carbocycles. The van der Waals surface area contributed by atoms with Gasteiger partial charge in [0.1, 0.15) is 7.28 Å². The van der Waals surface area contributed by atoms with Crippen molar-refractivity contribution < 1.29 is 0 Å². The van der Waals surface area contributed by atoms with Crippen molar-refractivity contribution in [3.8, 4) is 0 Å². The van der Waals surface area contributed by atoms with E-state index in [4.69, 9.17) is 0 Å². The smallest absolute Gasteiger partial charge is 0.0920 e. The van der Waals surface area contributed by atoms with Crippen LogP contribution in [0.15, 0.2) is 41.4 Å². The summed E-state index contributed by atoms with van der Waals surface area (Å²) >= 11 is 0. The molecule has 1 aromatic rings. The van der Waals surface area contributed by atoms with Crippen LogP contribution in [0.1, 0.15) is 162 Å². The SMILES string of the molecule is C[B]C1=CCC2C(=C1)C(CCCCCCCC)(CCCCCCCC)c1cc([B]CC(C)(C)C(C)(C)C)ccc12. The molecule has 2 heteroatoms. The van der Waals surface area contributed by atoms with Gasteiger partial charge in [-0.3, -0.25) is 0 Å². The van der Waals surface area contributed by atoms with Gasteiger partial charge in [-0.05, 0) is 41.2 Å². The van der Waals surface area contributed by atoms with E-state index in [1.54, 1.807) is 16.7 Å². The van der Waals surface area contributed by atoms with Crippen LogP contribution in [0.25, 0.3) is 0 Å². The van der Waals surface area contributed by atoms with Gasteiger partial charge in [0, 0.05) is 11.3 Å². The first-order valence-electron chi connectivity index (χ1n) is 17.3. The highest BCUT2D eigenvalue weighted by Gasteiger charge is 2.47. The molecule has 0 bridgehead atoms. The van der Waals surface area contributed by atoms with E-state index in [2.05, 4.69) is 100 Å². The van der Waals surface area contributed by atoms with Crippen LogP contribution in [-0.2, 0) is 5.41 Å². The molecule has 0 amide bonds. The van der Waals surface area contributed by atoms with Crippen LogP contribution in [0.3, 0.4) is 0 Å². The molecule has 1 atom stereocenters. The minimum Gasteiger partial charge on any atom is -0.0920 e. The third-order valence-corrected chi connectivity index (χ3v) is 10.9. The molecular formula is C38H62B2. The van der Waals surface area contributed by atoms with E-state index in [-0.39, 0.29) is 16.2 Å². The summed E-state index contributed by atoms with van der Waals surface area (Å²) in [4.78, 5) is 0. The quantitative estimate of drug-likeness (QED) is 0.128. The summed E-state index contributed by atoms with van der Waals surface area (Å²) in [5.41, 5.74) is 8.77. The Kier molecular flexibility index (Phi) is 12.8. The summed E-state index contributed by atoms with van der Waals surface area (Å²) in [6.07, 6.45) is 26.6. The molecule has 220 valence electrons. The number of unbranched alkanes of at least 4 members (excludes halogenated alkanes) is 10. The predicted octanol–water partition coefficient (Wildman–Crippen LogP) is 11.3. The Bertz CT molecular complexity index is 958. The summed E-state index contributed by atoms with van der Waals surface area (Å²) in [5.74, 6) is 0.582. The highest BCUT2D eigenvalue weighted by molar-refractivity contribution is 6.53. The molecule has 2 radical (unpaired) electrons. The van der Waals surface area contributed by atoms with Gasteiger partial charge in [0.2, 0.25) is 0 Å². The van der Waals surface area contributed by atoms with Crippen molar-refractivity contribution in [2.24, 2.45) is 10.8 Å². The van der Waals surface area contributed by atoms with Gasteiger partial charge in [0.05, 0.1) is 0 Å². The second-order valence-corrected chi connectivity index (χ2v) is 14.9. The van der Waals surface area contributed by atoms with E-state index < -0.39 is 0 Å². The number of hydrogen-bond donors (Lipinski definition) is 0. The van der Waals surface area contributed by atoms with Crippen molar-refractivity contribution in [2.75, 3.05) is 0 Å². The Morgan fingerprint density at radius 1 is 0.800 bits per heavy atom. The lowest BCUT2D eigenvalue weighted by Gasteiger charge is -2.39. The van der Waals surface area contributed by atoms with Gasteiger partial charge >= 0.3 is 0 Å². The summed E-state index contributed by atoms with van der Waals surface area (Å²) in [5, 5.41) is 0. The van der Waals surface area contributed by atoms with Crippen molar-refractivity contribution in [1.82, 2.24) is 0 Å². The second-order valence-electron chi connectivity index (χ2n) is 14.9. The Hall–Kier alpha value is -1.17. The Labute approximate surface area is 252 Å². The molecule has 0 aromatic heterocycles. The second kappa shape index (κ2) is 15.3. The lowest BCUT2D eigenvalue weighted by Crippen LogP contribution is -2.33. The lowest BCUT2D eigenvalue weighted by atomic mass is 9.53. The van der Waals surface area contributed by atoms with Crippen LogP contribution in [0.2, 0.25) is 13.1 Å². The fourth-order valence-electron chi connectivity index (χ4n) is 7.04. The van der Waals surface area contributed by atoms with Crippen molar-refractivity contribution in [3.63, 3.8) is 0 Å². The molecule has 0 nitrogen and oxygen atoms in total. The fourth-order valence-corrected chi connectivity index (χ4v) is 7.04. The van der Waals surface area contributed by atoms with Crippen LogP contribution in [0.4, 0.5) is 0 Å². The first-order chi connectivity index (χ1) is 19.1. The van der Waals surface area contributed by atoms with Crippen LogP contribution in [-0.4, -0.2) is 14.6 Å². The molecule has 0 spiro atoms. The Balaban J connectivity index is 1.93. The normalized spacial score (nSPS) is 18.1. The number of hydrogen-bond acceptors (Lipinski definition) is 0. The summed E-state index contributed by atoms with van der Waals surface area (Å²) in [7, 11) is 4.88. The maximum absolute atomic E-state index is 2.65.